The van der Waals surface area contributed by atoms with E-state index in [-0.39, 0.29) is 27.8 Å². The van der Waals surface area contributed by atoms with E-state index in [9.17, 15) is 19.3 Å². The number of nitrogens with zero attached hydrogens (tertiary/aromatic N) is 1. The zero-order valence-corrected chi connectivity index (χ0v) is 10.6. The van der Waals surface area contributed by atoms with E-state index in [1.807, 2.05) is 0 Å². The summed E-state index contributed by atoms with van der Waals surface area (Å²) >= 11 is 5.54. The third-order valence-electron chi connectivity index (χ3n) is 2.45. The number of aldehydes is 1. The van der Waals surface area contributed by atoms with Gasteiger partial charge in [-0.25, -0.2) is 4.39 Å². The van der Waals surface area contributed by atoms with Crippen molar-refractivity contribution in [2.75, 3.05) is 0 Å². The number of nitro benzene ring substituents is 1. The predicted octanol–water partition coefficient (Wildman–Crippen LogP) is 3.99. The van der Waals surface area contributed by atoms with Crippen LogP contribution < -0.4 is 4.74 Å². The predicted molar refractivity (Wildman–Crippen MR) is 70.0 cm³/mol. The average molecular weight is 296 g/mol. The lowest BCUT2D eigenvalue weighted by atomic mass is 10.2. The van der Waals surface area contributed by atoms with Gasteiger partial charge in [0.15, 0.2) is 6.29 Å². The highest BCUT2D eigenvalue weighted by molar-refractivity contribution is 6.30. The molecule has 0 heterocycles. The summed E-state index contributed by atoms with van der Waals surface area (Å²) in [5, 5.41) is 10.5. The van der Waals surface area contributed by atoms with E-state index in [1.165, 1.54) is 24.3 Å². The zero-order valence-electron chi connectivity index (χ0n) is 9.88. The summed E-state index contributed by atoms with van der Waals surface area (Å²) in [7, 11) is 0. The van der Waals surface area contributed by atoms with Crippen LogP contribution in [-0.2, 0) is 0 Å². The van der Waals surface area contributed by atoms with Crippen LogP contribution in [0.25, 0.3) is 0 Å². The highest BCUT2D eigenvalue weighted by Gasteiger charge is 2.12. The molecule has 20 heavy (non-hydrogen) atoms. The number of halogens is 2. The van der Waals surface area contributed by atoms with Gasteiger partial charge in [0, 0.05) is 18.2 Å². The molecule has 5 nitrogen and oxygen atoms in total. The Balaban J connectivity index is 2.35. The summed E-state index contributed by atoms with van der Waals surface area (Å²) in [5.74, 6) is -0.449. The van der Waals surface area contributed by atoms with E-state index in [1.54, 1.807) is 0 Å². The Labute approximate surface area is 117 Å². The van der Waals surface area contributed by atoms with Crippen molar-refractivity contribution < 1.29 is 18.8 Å². The first-order chi connectivity index (χ1) is 9.51. The van der Waals surface area contributed by atoms with Crippen molar-refractivity contribution in [3.05, 3.63) is 62.9 Å². The van der Waals surface area contributed by atoms with Crippen LogP contribution in [0, 0.1) is 15.9 Å². The van der Waals surface area contributed by atoms with Crippen molar-refractivity contribution >= 4 is 23.6 Å². The summed E-state index contributed by atoms with van der Waals surface area (Å²) in [6.45, 7) is 0. The molecule has 102 valence electrons. The molecule has 0 fully saturated rings. The molecular formula is C13H7ClFNO4. The fraction of sp³-hybridized carbons (Fsp3) is 0. The summed E-state index contributed by atoms with van der Waals surface area (Å²) in [6, 6.07) is 7.32. The lowest BCUT2D eigenvalue weighted by Crippen LogP contribution is -1.94. The van der Waals surface area contributed by atoms with Crippen molar-refractivity contribution in [2.45, 2.75) is 0 Å². The summed E-state index contributed by atoms with van der Waals surface area (Å²) in [5.41, 5.74) is -0.240. The number of carbonyl (C=O) groups excluding carboxylic acids is 1. The molecule has 0 bridgehead atoms. The number of ether oxygens (including phenoxy) is 1. The number of carbonyl (C=O) groups is 1. The smallest absolute Gasteiger partial charge is 0.270 e. The van der Waals surface area contributed by atoms with E-state index in [4.69, 9.17) is 16.3 Å². The van der Waals surface area contributed by atoms with Gasteiger partial charge in [0.1, 0.15) is 17.3 Å². The number of nitro groups is 1. The maximum atomic E-state index is 13.3. The molecule has 0 unspecified atom stereocenters. The Morgan fingerprint density at radius 3 is 2.60 bits per heavy atom. The molecular weight excluding hydrogens is 289 g/mol. The van der Waals surface area contributed by atoms with E-state index >= 15 is 0 Å². The minimum atomic E-state index is -0.668. The number of benzene rings is 2. The zero-order chi connectivity index (χ0) is 14.7. The third-order valence-corrected chi connectivity index (χ3v) is 2.76. The second kappa shape index (κ2) is 5.66. The van der Waals surface area contributed by atoms with Gasteiger partial charge in [0.2, 0.25) is 0 Å². The minimum absolute atomic E-state index is 0.00504. The first-order valence-electron chi connectivity index (χ1n) is 5.38. The fourth-order valence-electron chi connectivity index (χ4n) is 1.50. The van der Waals surface area contributed by atoms with Gasteiger partial charge in [-0.15, -0.1) is 0 Å². The maximum absolute atomic E-state index is 13.3. The van der Waals surface area contributed by atoms with Crippen molar-refractivity contribution in [1.82, 2.24) is 0 Å². The van der Waals surface area contributed by atoms with Crippen LogP contribution in [-0.4, -0.2) is 11.2 Å². The van der Waals surface area contributed by atoms with E-state index in [2.05, 4.69) is 0 Å². The average Bonchev–Trinajstić information content (AvgIpc) is 2.43. The maximum Gasteiger partial charge on any atom is 0.270 e. The Kier molecular flexibility index (Phi) is 3.95. The van der Waals surface area contributed by atoms with Crippen molar-refractivity contribution in [2.24, 2.45) is 0 Å². The second-order valence-electron chi connectivity index (χ2n) is 3.78. The molecule has 2 aromatic rings. The monoisotopic (exact) mass is 295 g/mol. The van der Waals surface area contributed by atoms with Crippen LogP contribution in [0.1, 0.15) is 10.4 Å². The van der Waals surface area contributed by atoms with Gasteiger partial charge < -0.3 is 4.74 Å². The first-order valence-corrected chi connectivity index (χ1v) is 5.75. The molecule has 2 rings (SSSR count). The van der Waals surface area contributed by atoms with Gasteiger partial charge in [-0.3, -0.25) is 14.9 Å². The second-order valence-corrected chi connectivity index (χ2v) is 4.18. The molecule has 0 atom stereocenters. The van der Waals surface area contributed by atoms with Gasteiger partial charge in [-0.05, 0) is 18.2 Å². The molecule has 0 saturated heterocycles. The van der Waals surface area contributed by atoms with Gasteiger partial charge in [-0.1, -0.05) is 11.6 Å². The number of hydrogen-bond acceptors (Lipinski definition) is 4. The van der Waals surface area contributed by atoms with Gasteiger partial charge >= 0.3 is 0 Å². The van der Waals surface area contributed by atoms with E-state index in [0.717, 1.165) is 12.1 Å². The third kappa shape index (κ3) is 2.92. The number of non-ortho nitro benzene ring substituents is 1. The summed E-state index contributed by atoms with van der Waals surface area (Å²) < 4.78 is 18.6. The van der Waals surface area contributed by atoms with Crippen LogP contribution in [0.5, 0.6) is 11.5 Å². The van der Waals surface area contributed by atoms with Crippen molar-refractivity contribution in [3.8, 4) is 11.5 Å². The Morgan fingerprint density at radius 1 is 1.25 bits per heavy atom. The Hall–Kier alpha value is -2.47. The molecule has 0 amide bonds. The molecule has 0 radical (unpaired) electrons. The van der Waals surface area contributed by atoms with E-state index in [0.29, 0.717) is 6.29 Å². The topological polar surface area (TPSA) is 69.4 Å². The van der Waals surface area contributed by atoms with E-state index < -0.39 is 10.7 Å². The summed E-state index contributed by atoms with van der Waals surface area (Å²) in [4.78, 5) is 20.9. The van der Waals surface area contributed by atoms with Gasteiger partial charge in [0.25, 0.3) is 5.69 Å². The molecule has 0 aromatic heterocycles. The lowest BCUT2D eigenvalue weighted by Gasteiger charge is -2.08. The normalized spacial score (nSPS) is 10.1. The molecule has 0 saturated carbocycles. The SMILES string of the molecule is O=Cc1cc([N+](=O)[O-])ccc1Oc1ccc(Cl)c(F)c1. The number of hydrogen-bond donors (Lipinski definition) is 0. The van der Waals surface area contributed by atoms with Crippen LogP contribution >= 0.6 is 11.6 Å². The molecule has 0 aliphatic heterocycles. The fourth-order valence-corrected chi connectivity index (χ4v) is 1.62. The van der Waals surface area contributed by atoms with Crippen molar-refractivity contribution in [1.29, 1.82) is 0 Å². The standard InChI is InChI=1S/C13H7ClFNO4/c14-11-3-2-10(6-12(11)15)20-13-4-1-9(16(18)19)5-8(13)7-17/h1-7H. The molecule has 0 N–H and O–H groups in total. The minimum Gasteiger partial charge on any atom is -0.457 e. The highest BCUT2D eigenvalue weighted by atomic mass is 35.5. The molecule has 0 aliphatic rings. The largest absolute Gasteiger partial charge is 0.457 e. The molecule has 7 heteroatoms. The van der Waals surface area contributed by atoms with Crippen LogP contribution in [0.15, 0.2) is 36.4 Å². The summed E-state index contributed by atoms with van der Waals surface area (Å²) in [6.07, 6.45) is 0.425. The molecule has 0 spiro atoms. The van der Waals surface area contributed by atoms with Crippen LogP contribution in [0.3, 0.4) is 0 Å². The number of rotatable bonds is 4. The van der Waals surface area contributed by atoms with Crippen molar-refractivity contribution in [3.63, 3.8) is 0 Å². The molecule has 2 aromatic carbocycles. The quantitative estimate of drug-likeness (QED) is 0.486. The van der Waals surface area contributed by atoms with Crippen LogP contribution in [0.4, 0.5) is 10.1 Å². The van der Waals surface area contributed by atoms with Crippen LogP contribution in [0.2, 0.25) is 5.02 Å². The van der Waals surface area contributed by atoms with Gasteiger partial charge in [-0.2, -0.15) is 0 Å². The Morgan fingerprint density at radius 2 is 2.00 bits per heavy atom. The highest BCUT2D eigenvalue weighted by Crippen LogP contribution is 2.29. The molecule has 0 aliphatic carbocycles. The first kappa shape index (κ1) is 14.0. The lowest BCUT2D eigenvalue weighted by molar-refractivity contribution is -0.384. The van der Waals surface area contributed by atoms with Gasteiger partial charge in [0.05, 0.1) is 15.5 Å². The Bertz CT molecular complexity index is 690.